The van der Waals surface area contributed by atoms with E-state index in [1.807, 2.05) is 18.3 Å². The minimum absolute atomic E-state index is 0.858. The number of fused-ring (bicyclic) bond motifs is 12. The van der Waals surface area contributed by atoms with E-state index in [1.54, 1.807) is 0 Å². The van der Waals surface area contributed by atoms with Gasteiger partial charge in [-0.05, 0) is 50.4 Å². The number of hydrogen-bond donors (Lipinski definition) is 0. The van der Waals surface area contributed by atoms with Gasteiger partial charge >= 0.3 is 0 Å². The Morgan fingerprint density at radius 3 is 1.90 bits per heavy atom. The van der Waals surface area contributed by atoms with Gasteiger partial charge in [0.15, 0.2) is 0 Å². The Hall–Kier alpha value is -5.54. The third-order valence-corrected chi connectivity index (χ3v) is 8.81. The molecule has 9 aromatic rings. The van der Waals surface area contributed by atoms with Crippen molar-refractivity contribution >= 4 is 65.3 Å². The van der Waals surface area contributed by atoms with Crippen molar-refractivity contribution < 1.29 is 4.42 Å². The molecule has 0 radical (unpaired) electrons. The van der Waals surface area contributed by atoms with E-state index in [2.05, 4.69) is 103 Å². The first-order chi connectivity index (χ1) is 20.3. The standard InChI is InChI=1S/C38H20N2O/c1-3-13-25-22(11-1)23-12-2-4-14-26(23)38-37(25)39-20-30(40-38)36-34-28-17-8-10-21-9-7-16-24(33(21)28)29(34)19-32-35(36)27-15-5-6-18-31(27)41-32/h1-20H. The maximum Gasteiger partial charge on any atom is 0.136 e. The molecule has 41 heavy (non-hydrogen) atoms. The lowest BCUT2D eigenvalue weighted by Gasteiger charge is -2.14. The van der Waals surface area contributed by atoms with E-state index >= 15 is 0 Å². The van der Waals surface area contributed by atoms with Crippen molar-refractivity contribution in [2.24, 2.45) is 0 Å². The van der Waals surface area contributed by atoms with Crippen molar-refractivity contribution in [1.29, 1.82) is 0 Å². The molecule has 0 N–H and O–H groups in total. The molecule has 0 amide bonds. The van der Waals surface area contributed by atoms with Gasteiger partial charge in [-0.25, -0.2) is 4.98 Å². The van der Waals surface area contributed by atoms with Crippen LogP contribution in [-0.4, -0.2) is 9.97 Å². The van der Waals surface area contributed by atoms with E-state index < -0.39 is 0 Å². The van der Waals surface area contributed by atoms with E-state index in [4.69, 9.17) is 14.4 Å². The first-order valence-corrected chi connectivity index (χ1v) is 13.9. The molecular formula is C38H20N2O. The highest BCUT2D eigenvalue weighted by Gasteiger charge is 2.29. The highest BCUT2D eigenvalue weighted by molar-refractivity contribution is 6.27. The summed E-state index contributed by atoms with van der Waals surface area (Å²) in [5.41, 5.74) is 10.4. The molecule has 0 unspecified atom stereocenters. The van der Waals surface area contributed by atoms with Gasteiger partial charge < -0.3 is 4.42 Å². The quantitative estimate of drug-likeness (QED) is 0.202. The van der Waals surface area contributed by atoms with Gasteiger partial charge in [0, 0.05) is 32.7 Å². The van der Waals surface area contributed by atoms with E-state index in [-0.39, 0.29) is 0 Å². The van der Waals surface area contributed by atoms with E-state index in [9.17, 15) is 0 Å². The summed E-state index contributed by atoms with van der Waals surface area (Å²) in [6.07, 6.45) is 1.96. The zero-order valence-electron chi connectivity index (χ0n) is 21.8. The molecule has 3 nitrogen and oxygen atoms in total. The predicted molar refractivity (Wildman–Crippen MR) is 169 cm³/mol. The lowest BCUT2D eigenvalue weighted by Crippen LogP contribution is -1.94. The molecule has 0 spiro atoms. The molecule has 2 heterocycles. The molecule has 10 rings (SSSR count). The molecule has 0 aliphatic heterocycles. The lowest BCUT2D eigenvalue weighted by atomic mass is 9.91. The Kier molecular flexibility index (Phi) is 3.93. The van der Waals surface area contributed by atoms with Crippen LogP contribution in [0.25, 0.3) is 98.8 Å². The average molecular weight is 521 g/mol. The van der Waals surface area contributed by atoms with Crippen molar-refractivity contribution in [3.05, 3.63) is 121 Å². The molecule has 0 fully saturated rings. The largest absolute Gasteiger partial charge is 0.456 e. The van der Waals surface area contributed by atoms with Gasteiger partial charge in [0.2, 0.25) is 0 Å². The molecule has 3 heteroatoms. The first-order valence-electron chi connectivity index (χ1n) is 13.9. The third kappa shape index (κ3) is 2.68. The fraction of sp³-hybridized carbons (Fsp3) is 0. The molecule has 0 atom stereocenters. The number of rotatable bonds is 1. The van der Waals surface area contributed by atoms with Crippen molar-refractivity contribution in [1.82, 2.24) is 9.97 Å². The summed E-state index contributed by atoms with van der Waals surface area (Å²) in [6.45, 7) is 0. The maximum absolute atomic E-state index is 6.50. The van der Waals surface area contributed by atoms with E-state index in [1.165, 1.54) is 43.8 Å². The monoisotopic (exact) mass is 520 g/mol. The van der Waals surface area contributed by atoms with Gasteiger partial charge in [-0.2, -0.15) is 0 Å². The first kappa shape index (κ1) is 21.3. The summed E-state index contributed by atoms with van der Waals surface area (Å²) in [4.78, 5) is 10.6. The summed E-state index contributed by atoms with van der Waals surface area (Å²) >= 11 is 0. The number of furan rings is 1. The second-order valence-electron chi connectivity index (χ2n) is 10.9. The summed E-state index contributed by atoms with van der Waals surface area (Å²) in [5, 5.41) is 9.33. The molecule has 0 saturated carbocycles. The zero-order valence-corrected chi connectivity index (χ0v) is 21.8. The molecule has 0 saturated heterocycles. The summed E-state index contributed by atoms with van der Waals surface area (Å²) < 4.78 is 6.50. The second kappa shape index (κ2) is 7.56. The van der Waals surface area contributed by atoms with Gasteiger partial charge in [0.1, 0.15) is 11.2 Å². The van der Waals surface area contributed by atoms with Crippen molar-refractivity contribution in [3.63, 3.8) is 0 Å². The highest BCUT2D eigenvalue weighted by atomic mass is 16.3. The summed E-state index contributed by atoms with van der Waals surface area (Å²) in [5.74, 6) is 0. The molecule has 2 aromatic heterocycles. The maximum atomic E-state index is 6.50. The van der Waals surface area contributed by atoms with Crippen LogP contribution in [0.2, 0.25) is 0 Å². The second-order valence-corrected chi connectivity index (χ2v) is 10.9. The Morgan fingerprint density at radius 1 is 0.463 bits per heavy atom. The summed E-state index contributed by atoms with van der Waals surface area (Å²) in [7, 11) is 0. The SMILES string of the molecule is c1cc2c3c(cccc3c1)-c1c-2cc2oc3ccccc3c2c1-c1cnc2c3ccccc3c3ccccc3c2n1. The van der Waals surface area contributed by atoms with Crippen LogP contribution in [0.3, 0.4) is 0 Å². The number of aromatic nitrogens is 2. The normalized spacial score (nSPS) is 12.4. The van der Waals surface area contributed by atoms with Crippen LogP contribution in [0.1, 0.15) is 0 Å². The van der Waals surface area contributed by atoms with Gasteiger partial charge in [-0.15, -0.1) is 0 Å². The molecule has 1 aliphatic carbocycles. The molecule has 0 bridgehead atoms. The number of para-hydroxylation sites is 1. The summed E-state index contributed by atoms with van der Waals surface area (Å²) in [6, 6.07) is 40.7. The number of benzene rings is 7. The van der Waals surface area contributed by atoms with Gasteiger partial charge in [0.05, 0.1) is 22.9 Å². The van der Waals surface area contributed by atoms with Crippen LogP contribution in [0.15, 0.2) is 126 Å². The van der Waals surface area contributed by atoms with Gasteiger partial charge in [0.25, 0.3) is 0 Å². The van der Waals surface area contributed by atoms with Crippen molar-refractivity contribution in [2.45, 2.75) is 0 Å². The molecule has 188 valence electrons. The lowest BCUT2D eigenvalue weighted by molar-refractivity contribution is 0.669. The topological polar surface area (TPSA) is 38.9 Å². The van der Waals surface area contributed by atoms with E-state index in [0.717, 1.165) is 55.0 Å². The molecule has 7 aromatic carbocycles. The Balaban J connectivity index is 1.42. The zero-order chi connectivity index (χ0) is 26.7. The predicted octanol–water partition coefficient (Wildman–Crippen LogP) is 10.3. The van der Waals surface area contributed by atoms with Crippen LogP contribution in [0.4, 0.5) is 0 Å². The third-order valence-electron chi connectivity index (χ3n) is 8.81. The van der Waals surface area contributed by atoms with Crippen LogP contribution in [-0.2, 0) is 0 Å². The minimum atomic E-state index is 0.858. The number of nitrogens with zero attached hydrogens (tertiary/aromatic N) is 2. The van der Waals surface area contributed by atoms with Crippen molar-refractivity contribution in [2.75, 3.05) is 0 Å². The Morgan fingerprint density at radius 2 is 1.12 bits per heavy atom. The fourth-order valence-corrected chi connectivity index (χ4v) is 7.15. The number of hydrogen-bond acceptors (Lipinski definition) is 3. The van der Waals surface area contributed by atoms with Crippen molar-refractivity contribution in [3.8, 4) is 33.5 Å². The minimum Gasteiger partial charge on any atom is -0.456 e. The van der Waals surface area contributed by atoms with Crippen LogP contribution < -0.4 is 0 Å². The van der Waals surface area contributed by atoms with Crippen LogP contribution in [0, 0.1) is 0 Å². The van der Waals surface area contributed by atoms with Crippen LogP contribution >= 0.6 is 0 Å². The average Bonchev–Trinajstić information content (AvgIpc) is 3.57. The fourth-order valence-electron chi connectivity index (χ4n) is 7.15. The Labute approximate surface area is 234 Å². The molecule has 1 aliphatic rings. The highest BCUT2D eigenvalue weighted by Crippen LogP contribution is 2.54. The molecular weight excluding hydrogens is 500 g/mol. The Bertz CT molecular complexity index is 2550. The van der Waals surface area contributed by atoms with E-state index in [0.29, 0.717) is 0 Å². The van der Waals surface area contributed by atoms with Gasteiger partial charge in [-0.3, -0.25) is 4.98 Å². The van der Waals surface area contributed by atoms with Gasteiger partial charge in [-0.1, -0.05) is 103 Å². The van der Waals surface area contributed by atoms with Crippen LogP contribution in [0.5, 0.6) is 0 Å². The smallest absolute Gasteiger partial charge is 0.136 e.